The second-order valence-electron chi connectivity index (χ2n) is 7.09. The van der Waals surface area contributed by atoms with E-state index in [0.29, 0.717) is 13.1 Å². The maximum Gasteiger partial charge on any atom is 0.246 e. The SMILES string of the molecule is Cc1cc(C=CC(=O)N(C)Cc2nc3ccccc3s2)c(C)n1Cc1ccco1. The molecule has 0 aliphatic carbocycles. The molecule has 1 aromatic carbocycles. The van der Waals surface area contributed by atoms with Crippen LogP contribution in [0.1, 0.15) is 27.7 Å². The Kier molecular flexibility index (Phi) is 5.36. The number of carbonyl (C=O) groups excluding carboxylic acids is 1. The van der Waals surface area contributed by atoms with E-state index in [2.05, 4.69) is 35.5 Å². The summed E-state index contributed by atoms with van der Waals surface area (Å²) in [5, 5.41) is 0.937. The van der Waals surface area contributed by atoms with Crippen molar-refractivity contribution >= 4 is 33.5 Å². The van der Waals surface area contributed by atoms with Crippen molar-refractivity contribution in [2.75, 3.05) is 7.05 Å². The molecule has 6 heteroatoms. The lowest BCUT2D eigenvalue weighted by atomic mass is 10.2. The maximum absolute atomic E-state index is 12.6. The smallest absolute Gasteiger partial charge is 0.246 e. The fraction of sp³-hybridized carbons (Fsp3) is 0.217. The van der Waals surface area contributed by atoms with Crippen molar-refractivity contribution in [1.29, 1.82) is 0 Å². The van der Waals surface area contributed by atoms with Gasteiger partial charge in [0.05, 0.1) is 29.6 Å². The van der Waals surface area contributed by atoms with Gasteiger partial charge in [-0.15, -0.1) is 11.3 Å². The zero-order valence-electron chi connectivity index (χ0n) is 16.8. The third-order valence-corrected chi connectivity index (χ3v) is 6.02. The van der Waals surface area contributed by atoms with E-state index in [0.717, 1.165) is 37.9 Å². The lowest BCUT2D eigenvalue weighted by Crippen LogP contribution is -2.23. The van der Waals surface area contributed by atoms with Gasteiger partial charge in [-0.05, 0) is 55.8 Å². The van der Waals surface area contributed by atoms with Crippen LogP contribution < -0.4 is 0 Å². The Bertz CT molecular complexity index is 1140. The minimum absolute atomic E-state index is 0.0416. The van der Waals surface area contributed by atoms with Gasteiger partial charge in [0.1, 0.15) is 10.8 Å². The number of amides is 1. The molecular formula is C23H23N3O2S. The van der Waals surface area contributed by atoms with Crippen LogP contribution in [0.3, 0.4) is 0 Å². The van der Waals surface area contributed by atoms with E-state index >= 15 is 0 Å². The molecule has 0 unspecified atom stereocenters. The number of aromatic nitrogens is 2. The number of hydrogen-bond acceptors (Lipinski definition) is 4. The van der Waals surface area contributed by atoms with Gasteiger partial charge in [-0.3, -0.25) is 4.79 Å². The zero-order valence-corrected chi connectivity index (χ0v) is 17.6. The molecule has 3 heterocycles. The predicted molar refractivity (Wildman–Crippen MR) is 117 cm³/mol. The van der Waals surface area contributed by atoms with Crippen LogP contribution in [0.15, 0.2) is 59.2 Å². The van der Waals surface area contributed by atoms with Crippen molar-refractivity contribution in [3.8, 4) is 0 Å². The van der Waals surface area contributed by atoms with Crippen molar-refractivity contribution in [2.45, 2.75) is 26.9 Å². The molecule has 0 radical (unpaired) electrons. The molecule has 1 amide bonds. The normalized spacial score (nSPS) is 11.6. The Morgan fingerprint density at radius 3 is 2.83 bits per heavy atom. The first-order valence-corrected chi connectivity index (χ1v) is 10.3. The second-order valence-corrected chi connectivity index (χ2v) is 8.21. The first kappa shape index (κ1) is 19.2. The third kappa shape index (κ3) is 4.17. The number of thiazole rings is 1. The Morgan fingerprint density at radius 2 is 2.07 bits per heavy atom. The van der Waals surface area contributed by atoms with Crippen LogP contribution >= 0.6 is 11.3 Å². The number of furan rings is 1. The molecule has 0 saturated heterocycles. The molecule has 5 nitrogen and oxygen atoms in total. The minimum atomic E-state index is -0.0416. The highest BCUT2D eigenvalue weighted by atomic mass is 32.1. The summed E-state index contributed by atoms with van der Waals surface area (Å²) < 4.78 is 8.79. The number of nitrogens with zero attached hydrogens (tertiary/aromatic N) is 3. The van der Waals surface area contributed by atoms with Crippen LogP contribution in [0.5, 0.6) is 0 Å². The zero-order chi connectivity index (χ0) is 20.4. The molecule has 0 saturated carbocycles. The number of carbonyl (C=O) groups is 1. The van der Waals surface area contributed by atoms with E-state index in [1.54, 1.807) is 35.6 Å². The molecule has 4 rings (SSSR count). The summed E-state index contributed by atoms with van der Waals surface area (Å²) in [5.41, 5.74) is 4.26. The van der Waals surface area contributed by atoms with Crippen LogP contribution in [0, 0.1) is 13.8 Å². The first-order chi connectivity index (χ1) is 14.0. The molecule has 0 fully saturated rings. The fourth-order valence-electron chi connectivity index (χ4n) is 3.35. The van der Waals surface area contributed by atoms with Gasteiger partial charge in [0.2, 0.25) is 5.91 Å². The molecule has 0 bridgehead atoms. The van der Waals surface area contributed by atoms with Gasteiger partial charge in [0.25, 0.3) is 0 Å². The molecule has 148 valence electrons. The highest BCUT2D eigenvalue weighted by Crippen LogP contribution is 2.23. The highest BCUT2D eigenvalue weighted by molar-refractivity contribution is 7.18. The molecule has 3 aromatic heterocycles. The van der Waals surface area contributed by atoms with E-state index in [1.165, 1.54) is 0 Å². The molecule has 0 atom stereocenters. The van der Waals surface area contributed by atoms with Gasteiger partial charge in [-0.2, -0.15) is 0 Å². The predicted octanol–water partition coefficient (Wildman–Crippen LogP) is 5.03. The summed E-state index contributed by atoms with van der Waals surface area (Å²) in [5.74, 6) is 0.870. The topological polar surface area (TPSA) is 51.3 Å². The Labute approximate surface area is 173 Å². The summed E-state index contributed by atoms with van der Waals surface area (Å²) in [6.45, 7) is 5.31. The van der Waals surface area contributed by atoms with Crippen LogP contribution in [0.4, 0.5) is 0 Å². The average Bonchev–Trinajstić information content (AvgIpc) is 3.42. The molecule has 0 N–H and O–H groups in total. The summed E-state index contributed by atoms with van der Waals surface area (Å²) in [6, 6.07) is 14.0. The highest BCUT2D eigenvalue weighted by Gasteiger charge is 2.12. The van der Waals surface area contributed by atoms with Gasteiger partial charge in [-0.25, -0.2) is 4.98 Å². The monoisotopic (exact) mass is 405 g/mol. The number of likely N-dealkylation sites (N-methyl/N-ethyl adjacent to an activating group) is 1. The van der Waals surface area contributed by atoms with Crippen LogP contribution in [0.25, 0.3) is 16.3 Å². The van der Waals surface area contributed by atoms with Gasteiger partial charge in [0, 0.05) is 24.5 Å². The second kappa shape index (κ2) is 8.09. The summed E-state index contributed by atoms with van der Waals surface area (Å²) in [6.07, 6.45) is 5.20. The van der Waals surface area contributed by atoms with Crippen LogP contribution in [-0.4, -0.2) is 27.4 Å². The van der Waals surface area contributed by atoms with Gasteiger partial charge in [-0.1, -0.05) is 12.1 Å². The molecule has 4 aromatic rings. The molecular weight excluding hydrogens is 382 g/mol. The van der Waals surface area contributed by atoms with E-state index in [9.17, 15) is 4.79 Å². The largest absolute Gasteiger partial charge is 0.467 e. The molecule has 29 heavy (non-hydrogen) atoms. The van der Waals surface area contributed by atoms with Gasteiger partial charge in [0.15, 0.2) is 0 Å². The van der Waals surface area contributed by atoms with Crippen LogP contribution in [-0.2, 0) is 17.9 Å². The summed E-state index contributed by atoms with van der Waals surface area (Å²) in [4.78, 5) is 18.9. The van der Waals surface area contributed by atoms with Gasteiger partial charge < -0.3 is 13.9 Å². The summed E-state index contributed by atoms with van der Waals surface area (Å²) in [7, 11) is 1.80. The standard InChI is InChI=1S/C23H23N3O2S/c1-16-13-18(17(2)26(16)14-19-7-6-12-28-19)10-11-23(27)25(3)15-22-24-20-8-4-5-9-21(20)29-22/h4-13H,14-15H2,1-3H3. The van der Waals surface area contributed by atoms with E-state index in [-0.39, 0.29) is 5.91 Å². The summed E-state index contributed by atoms with van der Waals surface area (Å²) >= 11 is 1.63. The van der Waals surface area contributed by atoms with Crippen molar-refractivity contribution in [3.05, 3.63) is 82.5 Å². The van der Waals surface area contributed by atoms with Crippen molar-refractivity contribution < 1.29 is 9.21 Å². The quantitative estimate of drug-likeness (QED) is 0.423. The lowest BCUT2D eigenvalue weighted by molar-refractivity contribution is -0.125. The Balaban J connectivity index is 1.44. The van der Waals surface area contributed by atoms with Crippen molar-refractivity contribution in [1.82, 2.24) is 14.5 Å². The van der Waals surface area contributed by atoms with Gasteiger partial charge >= 0.3 is 0 Å². The average molecular weight is 406 g/mol. The number of benzene rings is 1. The minimum Gasteiger partial charge on any atom is -0.467 e. The molecule has 0 aliphatic rings. The third-order valence-electron chi connectivity index (χ3n) is 5.00. The number of aryl methyl sites for hydroxylation is 1. The molecule has 0 spiro atoms. The van der Waals surface area contributed by atoms with Crippen LogP contribution in [0.2, 0.25) is 0 Å². The van der Waals surface area contributed by atoms with E-state index < -0.39 is 0 Å². The number of para-hydroxylation sites is 1. The first-order valence-electron chi connectivity index (χ1n) is 9.48. The lowest BCUT2D eigenvalue weighted by Gasteiger charge is -2.12. The van der Waals surface area contributed by atoms with Crippen molar-refractivity contribution in [3.63, 3.8) is 0 Å². The number of rotatable bonds is 6. The molecule has 0 aliphatic heterocycles. The Hall–Kier alpha value is -3.12. The number of hydrogen-bond donors (Lipinski definition) is 0. The Morgan fingerprint density at radius 1 is 1.24 bits per heavy atom. The van der Waals surface area contributed by atoms with Crippen molar-refractivity contribution in [2.24, 2.45) is 0 Å². The fourth-order valence-corrected chi connectivity index (χ4v) is 4.38. The number of fused-ring (bicyclic) bond motifs is 1. The van der Waals surface area contributed by atoms with E-state index in [4.69, 9.17) is 4.42 Å². The van der Waals surface area contributed by atoms with E-state index in [1.807, 2.05) is 36.4 Å². The maximum atomic E-state index is 12.6.